The normalized spacial score (nSPS) is 9.07. The standard InChI is InChI=1S/C5H10O3.C4H10O2/c1-2-8-4-3-5(6)7;1-5-3-4-6-2/h2-4H2,1H3,(H,6,7);3-4H2,1-2H3. The Morgan fingerprint density at radius 2 is 1.64 bits per heavy atom. The first kappa shape index (κ1) is 15.8. The Balaban J connectivity index is 0. The van der Waals surface area contributed by atoms with Crippen molar-refractivity contribution < 1.29 is 24.1 Å². The number of carboxylic acid groups (broad SMARTS) is 1. The summed E-state index contributed by atoms with van der Waals surface area (Å²) in [6.07, 6.45) is 0.105. The lowest BCUT2D eigenvalue weighted by Gasteiger charge is -1.93. The first-order valence-electron chi connectivity index (χ1n) is 4.46. The second kappa shape index (κ2) is 14.9. The molecule has 14 heavy (non-hydrogen) atoms. The smallest absolute Gasteiger partial charge is 0.305 e. The number of aliphatic carboxylic acids is 1. The Morgan fingerprint density at radius 3 is 1.93 bits per heavy atom. The molecule has 86 valence electrons. The van der Waals surface area contributed by atoms with Gasteiger partial charge >= 0.3 is 5.97 Å². The highest BCUT2D eigenvalue weighted by molar-refractivity contribution is 5.66. The van der Waals surface area contributed by atoms with Crippen LogP contribution in [0.15, 0.2) is 0 Å². The van der Waals surface area contributed by atoms with Crippen molar-refractivity contribution in [3.05, 3.63) is 0 Å². The fraction of sp³-hybridized carbons (Fsp3) is 0.889. The predicted molar refractivity (Wildman–Crippen MR) is 52.5 cm³/mol. The minimum atomic E-state index is -0.807. The number of carboxylic acids is 1. The van der Waals surface area contributed by atoms with E-state index in [1.807, 2.05) is 6.92 Å². The van der Waals surface area contributed by atoms with Crippen LogP contribution in [0.3, 0.4) is 0 Å². The highest BCUT2D eigenvalue weighted by Gasteiger charge is 1.92. The molecule has 0 unspecified atom stereocenters. The van der Waals surface area contributed by atoms with Gasteiger partial charge in [0.2, 0.25) is 0 Å². The van der Waals surface area contributed by atoms with Crippen LogP contribution in [0.1, 0.15) is 13.3 Å². The number of methoxy groups -OCH3 is 2. The third-order valence-electron chi connectivity index (χ3n) is 1.16. The minimum absolute atomic E-state index is 0.105. The molecule has 0 atom stereocenters. The summed E-state index contributed by atoms with van der Waals surface area (Å²) in [5.41, 5.74) is 0. The van der Waals surface area contributed by atoms with Crippen LogP contribution >= 0.6 is 0 Å². The van der Waals surface area contributed by atoms with E-state index in [0.717, 1.165) is 0 Å². The van der Waals surface area contributed by atoms with Crippen LogP contribution in [-0.2, 0) is 19.0 Å². The summed E-state index contributed by atoms with van der Waals surface area (Å²) < 4.78 is 14.1. The molecule has 0 saturated carbocycles. The molecule has 1 N–H and O–H groups in total. The van der Waals surface area contributed by atoms with E-state index in [1.165, 1.54) is 0 Å². The minimum Gasteiger partial charge on any atom is -0.481 e. The van der Waals surface area contributed by atoms with Crippen LogP contribution in [0.2, 0.25) is 0 Å². The van der Waals surface area contributed by atoms with Crippen molar-refractivity contribution >= 4 is 5.97 Å². The lowest BCUT2D eigenvalue weighted by molar-refractivity contribution is -0.138. The Labute approximate surface area is 85.0 Å². The summed E-state index contributed by atoms with van der Waals surface area (Å²) in [6.45, 7) is 4.13. The summed E-state index contributed by atoms with van der Waals surface area (Å²) >= 11 is 0. The lowest BCUT2D eigenvalue weighted by atomic mass is 10.5. The summed E-state index contributed by atoms with van der Waals surface area (Å²) in [5, 5.41) is 8.06. The molecule has 0 radical (unpaired) electrons. The van der Waals surface area contributed by atoms with Gasteiger partial charge in [0.05, 0.1) is 26.2 Å². The van der Waals surface area contributed by atoms with Gasteiger partial charge in [-0.3, -0.25) is 4.79 Å². The number of hydrogen-bond acceptors (Lipinski definition) is 4. The zero-order chi connectivity index (χ0) is 11.2. The molecule has 0 saturated heterocycles. The average molecular weight is 208 g/mol. The molecule has 0 aromatic carbocycles. The average Bonchev–Trinajstić information content (AvgIpc) is 2.16. The maximum Gasteiger partial charge on any atom is 0.305 e. The number of rotatable bonds is 7. The van der Waals surface area contributed by atoms with Crippen molar-refractivity contribution in [2.24, 2.45) is 0 Å². The maximum atomic E-state index is 9.79. The molecule has 0 aliphatic heterocycles. The van der Waals surface area contributed by atoms with E-state index in [-0.39, 0.29) is 6.42 Å². The summed E-state index contributed by atoms with van der Waals surface area (Å²) in [6, 6.07) is 0. The van der Waals surface area contributed by atoms with Crippen molar-refractivity contribution in [2.45, 2.75) is 13.3 Å². The van der Waals surface area contributed by atoms with E-state index >= 15 is 0 Å². The summed E-state index contributed by atoms with van der Waals surface area (Å²) in [4.78, 5) is 9.79. The van der Waals surface area contributed by atoms with Crippen LogP contribution in [0.4, 0.5) is 0 Å². The molecule has 0 aromatic rings. The van der Waals surface area contributed by atoms with Crippen LogP contribution in [0.5, 0.6) is 0 Å². The Bertz CT molecular complexity index is 112. The number of hydrogen-bond donors (Lipinski definition) is 1. The van der Waals surface area contributed by atoms with Crippen molar-refractivity contribution in [1.29, 1.82) is 0 Å². The van der Waals surface area contributed by atoms with Crippen molar-refractivity contribution in [3.63, 3.8) is 0 Å². The molecule has 0 aromatic heterocycles. The first-order valence-corrected chi connectivity index (χ1v) is 4.46. The molecule has 5 heteroatoms. The second-order valence-electron chi connectivity index (χ2n) is 2.33. The van der Waals surface area contributed by atoms with Gasteiger partial charge in [0, 0.05) is 20.8 Å². The largest absolute Gasteiger partial charge is 0.481 e. The van der Waals surface area contributed by atoms with Crippen LogP contribution in [0.25, 0.3) is 0 Å². The number of carbonyl (C=O) groups is 1. The molecular weight excluding hydrogens is 188 g/mol. The van der Waals surface area contributed by atoms with E-state index in [2.05, 4.69) is 9.47 Å². The van der Waals surface area contributed by atoms with Gasteiger partial charge in [-0.15, -0.1) is 0 Å². The molecule has 0 aliphatic carbocycles. The molecule has 5 nitrogen and oxygen atoms in total. The van der Waals surface area contributed by atoms with Crippen molar-refractivity contribution in [1.82, 2.24) is 0 Å². The van der Waals surface area contributed by atoms with Gasteiger partial charge in [-0.2, -0.15) is 0 Å². The molecule has 0 fully saturated rings. The SMILES string of the molecule is CCOCCC(=O)O.COCCOC. The highest BCUT2D eigenvalue weighted by Crippen LogP contribution is 1.80. The van der Waals surface area contributed by atoms with E-state index in [4.69, 9.17) is 9.84 Å². The van der Waals surface area contributed by atoms with Gasteiger partial charge in [0.15, 0.2) is 0 Å². The molecule has 0 bridgehead atoms. The van der Waals surface area contributed by atoms with E-state index in [9.17, 15) is 4.79 Å². The second-order valence-corrected chi connectivity index (χ2v) is 2.33. The predicted octanol–water partition coefficient (Wildman–Crippen LogP) is 0.777. The third kappa shape index (κ3) is 22.5. The van der Waals surface area contributed by atoms with Crippen molar-refractivity contribution in [2.75, 3.05) is 40.6 Å². The topological polar surface area (TPSA) is 65.0 Å². The quantitative estimate of drug-likeness (QED) is 0.626. The molecule has 0 spiro atoms. The van der Waals surface area contributed by atoms with Crippen LogP contribution < -0.4 is 0 Å². The zero-order valence-electron chi connectivity index (χ0n) is 9.12. The van der Waals surface area contributed by atoms with Crippen LogP contribution in [0, 0.1) is 0 Å². The van der Waals surface area contributed by atoms with Gasteiger partial charge in [-0.1, -0.05) is 0 Å². The Hall–Kier alpha value is -0.650. The Morgan fingerprint density at radius 1 is 1.14 bits per heavy atom. The lowest BCUT2D eigenvalue weighted by Crippen LogP contribution is -2.01. The van der Waals surface area contributed by atoms with Gasteiger partial charge in [0.25, 0.3) is 0 Å². The molecule has 0 aliphatic rings. The summed E-state index contributed by atoms with van der Waals surface area (Å²) in [5.74, 6) is -0.807. The Kier molecular flexibility index (Phi) is 16.8. The van der Waals surface area contributed by atoms with Gasteiger partial charge in [-0.25, -0.2) is 0 Å². The van der Waals surface area contributed by atoms with Gasteiger partial charge < -0.3 is 19.3 Å². The van der Waals surface area contributed by atoms with Crippen LogP contribution in [-0.4, -0.2) is 51.7 Å². The first-order chi connectivity index (χ1) is 6.68. The third-order valence-corrected chi connectivity index (χ3v) is 1.16. The van der Waals surface area contributed by atoms with Gasteiger partial charge in [-0.05, 0) is 6.92 Å². The molecule has 0 heterocycles. The number of ether oxygens (including phenoxy) is 3. The zero-order valence-corrected chi connectivity index (χ0v) is 9.12. The fourth-order valence-corrected chi connectivity index (χ4v) is 0.470. The summed E-state index contributed by atoms with van der Waals surface area (Å²) in [7, 11) is 3.30. The van der Waals surface area contributed by atoms with E-state index in [1.54, 1.807) is 14.2 Å². The fourth-order valence-electron chi connectivity index (χ4n) is 0.470. The molecular formula is C9H20O5. The van der Waals surface area contributed by atoms with E-state index < -0.39 is 5.97 Å². The monoisotopic (exact) mass is 208 g/mol. The highest BCUT2D eigenvalue weighted by atomic mass is 16.5. The maximum absolute atomic E-state index is 9.79. The van der Waals surface area contributed by atoms with Gasteiger partial charge in [0.1, 0.15) is 0 Å². The van der Waals surface area contributed by atoms with Crippen molar-refractivity contribution in [3.8, 4) is 0 Å². The molecule has 0 amide bonds. The molecule has 0 rings (SSSR count). The van der Waals surface area contributed by atoms with E-state index in [0.29, 0.717) is 26.4 Å².